The quantitative estimate of drug-likeness (QED) is 0.0722. The van der Waals surface area contributed by atoms with Gasteiger partial charge in [-0.2, -0.15) is 0 Å². The number of aryl methyl sites for hydroxylation is 1. The van der Waals surface area contributed by atoms with E-state index in [1.807, 2.05) is 86.7 Å². The van der Waals surface area contributed by atoms with Crippen LogP contribution < -0.4 is 18.9 Å². The molecule has 0 aromatic heterocycles. The van der Waals surface area contributed by atoms with Gasteiger partial charge in [0, 0.05) is 171 Å². The summed E-state index contributed by atoms with van der Waals surface area (Å²) in [5.41, 5.74) is 4.53. The van der Waals surface area contributed by atoms with Crippen molar-refractivity contribution in [2.75, 3.05) is 60.0 Å². The smallest absolute Gasteiger partial charge is 0.178 e. The number of rotatable bonds is 17. The van der Waals surface area contributed by atoms with Crippen LogP contribution in [0.1, 0.15) is 88.8 Å². The Balaban J connectivity index is -0.0000001000. The molecular weight excluding hydrogens is 1090 g/mol. The number of hydrogen-bond donors (Lipinski definition) is 1. The number of aliphatic hydroxyl groups is 1. The lowest BCUT2D eigenvalue weighted by atomic mass is 9.80. The Hall–Kier alpha value is -13.1. The van der Waals surface area contributed by atoms with Crippen molar-refractivity contribution in [3.63, 3.8) is 0 Å². The van der Waals surface area contributed by atoms with Gasteiger partial charge < -0.3 is 43.0 Å². The summed E-state index contributed by atoms with van der Waals surface area (Å²) in [5, 5.41) is 14.3. The van der Waals surface area contributed by atoms with E-state index in [9.17, 15) is 5.11 Å². The zero-order valence-corrected chi connectivity index (χ0v) is 47.8. The molecule has 482 valence electrons. The van der Waals surface area contributed by atoms with Gasteiger partial charge in [-0.15, -0.1) is 12.8 Å². The number of ether oxygens (including phenoxy) is 8. The second-order valence-corrected chi connectivity index (χ2v) is 17.6. The van der Waals surface area contributed by atoms with Crippen LogP contribution in [0.3, 0.4) is 0 Å². The molecule has 1 unspecified atom stereocenters. The lowest BCUT2D eigenvalue weighted by molar-refractivity contribution is 0.0697. The van der Waals surface area contributed by atoms with Crippen LogP contribution in [0.25, 0.3) is 28.0 Å². The molecule has 7 rings (SSSR count). The van der Waals surface area contributed by atoms with E-state index >= 15 is 0 Å². The standard InChI is InChI=1S/C79H44O9.34H2/c1-6-8-10-12-14-16-18-20-22-24-26-28-30-32-34-36-52-82-54-56-84-58-60-86-67-43-39-65(40-44-67)79(51-50-72-76-75(71-48-38-64(3)62-74(71)78(76,4)80)70-49-47-69(81-5)63-73(70)77(72)88-79)66-41-45-68(46-42-66)87-61-59-85-57-55-83-53-37-35-33-31-29-27-25-23-21-19-17-15-13-11-9-7-2;;;;;;;;;;;;;;;;;;;;;;;;;;;;;;;;;;/h1-2,38-51,62-63,80H,54-61H2,3-5H3;34*1H. The predicted molar refractivity (Wildman–Crippen MR) is 411 cm³/mol. The predicted octanol–water partition coefficient (Wildman–Crippen LogP) is 16.2. The van der Waals surface area contributed by atoms with Crippen molar-refractivity contribution < 1.29 is 91.5 Å². The molecule has 0 saturated heterocycles. The van der Waals surface area contributed by atoms with Crippen LogP contribution in [0.4, 0.5) is 0 Å². The first-order valence-electron chi connectivity index (χ1n) is 26.5. The highest BCUT2D eigenvalue weighted by atomic mass is 16.5. The summed E-state index contributed by atoms with van der Waals surface area (Å²) < 4.78 is 47.4. The lowest BCUT2D eigenvalue weighted by Gasteiger charge is -2.38. The Kier molecular flexibility index (Phi) is 24.4. The summed E-state index contributed by atoms with van der Waals surface area (Å²) in [6.07, 6.45) is 19.1. The van der Waals surface area contributed by atoms with Crippen molar-refractivity contribution in [1.82, 2.24) is 0 Å². The second-order valence-electron chi connectivity index (χ2n) is 17.6. The summed E-state index contributed by atoms with van der Waals surface area (Å²) in [5.74, 6) is 82.1. The topological polar surface area (TPSA) is 94.1 Å². The van der Waals surface area contributed by atoms with Gasteiger partial charge >= 0.3 is 0 Å². The van der Waals surface area contributed by atoms with Crippen LogP contribution in [0.5, 0.6) is 23.0 Å². The van der Waals surface area contributed by atoms with Crippen molar-refractivity contribution in [3.05, 3.63) is 124 Å². The van der Waals surface area contributed by atoms with Gasteiger partial charge in [-0.25, -0.2) is 0 Å². The fourth-order valence-electron chi connectivity index (χ4n) is 8.47. The highest BCUT2D eigenvalue weighted by Gasteiger charge is 2.45. The number of methoxy groups -OCH3 is 1. The van der Waals surface area contributed by atoms with Gasteiger partial charge in [0.2, 0.25) is 0 Å². The van der Waals surface area contributed by atoms with Crippen LogP contribution in [-0.4, -0.2) is 65.1 Å². The van der Waals surface area contributed by atoms with Gasteiger partial charge in [0.1, 0.15) is 67.2 Å². The zero-order chi connectivity index (χ0) is 61.8. The number of fused-ring (bicyclic) bond motifs is 8. The molecule has 1 aliphatic carbocycles. The molecule has 2 aliphatic rings. The molecule has 0 radical (unpaired) electrons. The molecule has 0 spiro atoms. The highest BCUT2D eigenvalue weighted by molar-refractivity contribution is 6.08. The third-order valence-electron chi connectivity index (χ3n) is 12.1. The Bertz CT molecular complexity index is 4640. The second kappa shape index (κ2) is 34.3. The zero-order valence-electron chi connectivity index (χ0n) is 47.8. The highest BCUT2D eigenvalue weighted by Crippen LogP contribution is 2.58. The average Bonchev–Trinajstić information content (AvgIpc) is 1.51. The van der Waals surface area contributed by atoms with Crippen LogP contribution in [0, 0.1) is 221 Å². The van der Waals surface area contributed by atoms with Crippen LogP contribution in [0.15, 0.2) is 91.0 Å². The van der Waals surface area contributed by atoms with E-state index in [1.165, 1.54) is 0 Å². The summed E-state index contributed by atoms with van der Waals surface area (Å²) in [6.45, 7) is 6.08. The maximum Gasteiger partial charge on any atom is 0.178 e. The fraction of sp³-hybridized carbons (Fsp3) is 0.165. The molecule has 9 heteroatoms. The minimum Gasteiger partial charge on any atom is -0.497 e. The maximum absolute atomic E-state index is 12.5. The summed E-state index contributed by atoms with van der Waals surface area (Å²) in [7, 11) is 1.64. The first-order chi connectivity index (χ1) is 43.3. The monoisotopic (exact) mass is 1200 g/mol. The minimum absolute atomic E-state index is 0. The molecule has 0 saturated carbocycles. The normalized spacial score (nSPS) is 11.5. The van der Waals surface area contributed by atoms with Crippen molar-refractivity contribution >= 4 is 16.8 Å². The number of hydrogen-bond acceptors (Lipinski definition) is 9. The van der Waals surface area contributed by atoms with Crippen LogP contribution in [-0.2, 0) is 30.1 Å². The SMILES string of the molecule is C#CC#CC#CC#CC#CC#CC#CC#CC#COCCOCCOc1ccc(C2(c3ccc(OCCOCCOC#CC#CC#CC#CC#CC#CC#CC#CC#C)cc3)C=Cc3c4c(c5ccc(OC)cc5c3O2)-c2ccc(C)cc2C4(C)O)cc1.[HH].[HH].[HH].[HH].[HH].[HH].[HH].[HH].[HH].[HH].[HH].[HH].[HH].[HH].[HH].[HH].[HH].[HH].[HH].[HH].[HH].[HH].[HH].[HH].[HH].[HH].[HH].[HH].[HH].[HH].[HH].[HH].[HH].[HH]. The first kappa shape index (κ1) is 62.5. The van der Waals surface area contributed by atoms with E-state index < -0.39 is 11.2 Å². The van der Waals surface area contributed by atoms with Crippen LogP contribution in [0.2, 0.25) is 0 Å². The summed E-state index contributed by atoms with van der Waals surface area (Å²) in [6, 6.07) is 27.7. The molecule has 1 atom stereocenters. The van der Waals surface area contributed by atoms with Crippen molar-refractivity contribution in [3.8, 4) is 249 Å². The van der Waals surface area contributed by atoms with E-state index in [0.717, 1.165) is 55.3 Å². The molecule has 0 fully saturated rings. The van der Waals surface area contributed by atoms with Gasteiger partial charge in [0.05, 0.1) is 33.5 Å². The molecule has 5 aromatic rings. The number of benzene rings is 5. The molecular formula is C79H112O9. The van der Waals surface area contributed by atoms with E-state index in [1.54, 1.807) is 7.11 Å². The molecule has 0 bridgehead atoms. The van der Waals surface area contributed by atoms with Crippen LogP contribution >= 0.6 is 0 Å². The summed E-state index contributed by atoms with van der Waals surface area (Å²) >= 11 is 0. The molecule has 1 heterocycles. The van der Waals surface area contributed by atoms with Gasteiger partial charge in [0.25, 0.3) is 0 Å². The maximum atomic E-state index is 12.5. The Morgan fingerprint density at radius 3 is 1.31 bits per heavy atom. The van der Waals surface area contributed by atoms with Crippen molar-refractivity contribution in [1.29, 1.82) is 0 Å². The Labute approximate surface area is 565 Å². The van der Waals surface area contributed by atoms with E-state index in [4.69, 9.17) is 50.7 Å². The first-order valence-corrected chi connectivity index (χ1v) is 26.5. The molecule has 9 nitrogen and oxygen atoms in total. The van der Waals surface area contributed by atoms with Gasteiger partial charge in [-0.1, -0.05) is 54.1 Å². The van der Waals surface area contributed by atoms with Gasteiger partial charge in [0.15, 0.2) is 5.60 Å². The summed E-state index contributed by atoms with van der Waals surface area (Å²) in [4.78, 5) is 0. The van der Waals surface area contributed by atoms with E-state index in [2.05, 4.69) is 226 Å². The van der Waals surface area contributed by atoms with Crippen molar-refractivity contribution in [2.45, 2.75) is 25.0 Å². The van der Waals surface area contributed by atoms with Gasteiger partial charge in [-0.05, 0) is 179 Å². The molecule has 0 amide bonds. The molecule has 88 heavy (non-hydrogen) atoms. The minimum atomic E-state index is -1.32. The fourth-order valence-corrected chi connectivity index (χ4v) is 8.47. The Morgan fingerprint density at radius 2 is 0.875 bits per heavy atom. The largest absolute Gasteiger partial charge is 0.497 e. The Morgan fingerprint density at radius 1 is 0.466 bits per heavy atom. The molecule has 1 aliphatic heterocycles. The van der Waals surface area contributed by atoms with Crippen molar-refractivity contribution in [2.24, 2.45) is 0 Å². The van der Waals surface area contributed by atoms with E-state index in [0.29, 0.717) is 36.2 Å². The third-order valence-corrected chi connectivity index (χ3v) is 12.1. The van der Waals surface area contributed by atoms with E-state index in [-0.39, 0.29) is 88.1 Å². The third kappa shape index (κ3) is 18.2. The number of terminal acetylenes is 2. The lowest BCUT2D eigenvalue weighted by Crippen LogP contribution is -2.35. The molecule has 1 N–H and O–H groups in total. The average molecular weight is 1210 g/mol. The van der Waals surface area contributed by atoms with Gasteiger partial charge in [-0.3, -0.25) is 0 Å². The molecule has 5 aromatic carbocycles.